The lowest BCUT2D eigenvalue weighted by atomic mass is 9.83. The molecule has 1 heterocycles. The highest BCUT2D eigenvalue weighted by molar-refractivity contribution is 5.89. The van der Waals surface area contributed by atoms with Crippen molar-refractivity contribution in [1.29, 1.82) is 0 Å². The molecule has 0 aromatic heterocycles. The lowest BCUT2D eigenvalue weighted by Gasteiger charge is -2.44. The fourth-order valence-corrected chi connectivity index (χ4v) is 3.62. The average Bonchev–Trinajstić information content (AvgIpc) is 2.67. The number of ether oxygens (including phenoxy) is 1. The summed E-state index contributed by atoms with van der Waals surface area (Å²) in [5.41, 5.74) is 0.215. The molecule has 2 unspecified atom stereocenters. The summed E-state index contributed by atoms with van der Waals surface area (Å²) in [6, 6.07) is 18.8. The molecule has 3 rings (SSSR count). The smallest absolute Gasteiger partial charge is 0.338 e. The van der Waals surface area contributed by atoms with Gasteiger partial charge in [-0.1, -0.05) is 48.5 Å². The molecule has 1 fully saturated rings. The molecule has 0 radical (unpaired) electrons. The van der Waals surface area contributed by atoms with Crippen molar-refractivity contribution in [2.24, 2.45) is 0 Å². The number of esters is 1. The van der Waals surface area contributed by atoms with Crippen molar-refractivity contribution in [2.45, 2.75) is 44.4 Å². The van der Waals surface area contributed by atoms with E-state index in [1.165, 1.54) is 0 Å². The normalized spacial score (nSPS) is 21.3. The molecule has 1 aliphatic rings. The minimum Gasteiger partial charge on any atom is -0.451 e. The quantitative estimate of drug-likeness (QED) is 0.777. The van der Waals surface area contributed by atoms with Crippen molar-refractivity contribution < 1.29 is 14.6 Å². The number of rotatable bonds is 5. The van der Waals surface area contributed by atoms with Gasteiger partial charge in [0.15, 0.2) is 6.10 Å². The zero-order valence-electron chi connectivity index (χ0n) is 15.9. The predicted octanol–water partition coefficient (Wildman–Crippen LogP) is 4.24. The van der Waals surface area contributed by atoms with Crippen LogP contribution in [0.3, 0.4) is 0 Å². The van der Waals surface area contributed by atoms with Gasteiger partial charge in [-0.05, 0) is 50.9 Å². The number of hydrogen-bond acceptors (Lipinski definition) is 4. The molecule has 4 nitrogen and oxygen atoms in total. The van der Waals surface area contributed by atoms with E-state index in [4.69, 9.17) is 4.74 Å². The first-order valence-corrected chi connectivity index (χ1v) is 9.27. The topological polar surface area (TPSA) is 49.8 Å². The third-order valence-electron chi connectivity index (χ3n) is 5.09. The summed E-state index contributed by atoms with van der Waals surface area (Å²) in [4.78, 5) is 14.9. The van der Waals surface area contributed by atoms with Crippen LogP contribution in [0.4, 0.5) is 0 Å². The van der Waals surface area contributed by atoms with E-state index in [1.54, 1.807) is 12.1 Å². The third kappa shape index (κ3) is 5.10. The number of carbonyl (C=O) groups is 1. The van der Waals surface area contributed by atoms with Crippen molar-refractivity contribution in [3.63, 3.8) is 0 Å². The van der Waals surface area contributed by atoms with Crippen LogP contribution in [0, 0.1) is 0 Å². The minimum absolute atomic E-state index is 0. The second-order valence-corrected chi connectivity index (χ2v) is 7.33. The first-order chi connectivity index (χ1) is 12.5. The summed E-state index contributed by atoms with van der Waals surface area (Å²) in [5.74, 6) is -0.408. The first kappa shape index (κ1) is 21.4. The highest BCUT2D eigenvalue weighted by atomic mass is 35.5. The van der Waals surface area contributed by atoms with E-state index in [1.807, 2.05) is 48.5 Å². The zero-order chi connectivity index (χ0) is 18.6. The first-order valence-electron chi connectivity index (χ1n) is 9.27. The van der Waals surface area contributed by atoms with Gasteiger partial charge >= 0.3 is 5.97 Å². The Morgan fingerprint density at radius 1 is 1.07 bits per heavy atom. The number of β-amino-alcohol motifs (C(OH)–C–C–N with tert-alkyl or cyclic N) is 1. The van der Waals surface area contributed by atoms with Crippen molar-refractivity contribution in [1.82, 2.24) is 4.90 Å². The van der Waals surface area contributed by atoms with Gasteiger partial charge < -0.3 is 9.84 Å². The van der Waals surface area contributed by atoms with E-state index in [9.17, 15) is 9.90 Å². The van der Waals surface area contributed by atoms with E-state index < -0.39 is 17.7 Å². The van der Waals surface area contributed by atoms with Crippen LogP contribution in [-0.4, -0.2) is 40.7 Å². The monoisotopic (exact) mass is 389 g/mol. The average molecular weight is 390 g/mol. The van der Waals surface area contributed by atoms with Gasteiger partial charge in [0.25, 0.3) is 0 Å². The van der Waals surface area contributed by atoms with Crippen LogP contribution in [0.2, 0.25) is 0 Å². The number of nitrogens with zero attached hydrogens (tertiary/aromatic N) is 1. The number of likely N-dealkylation sites (tertiary alicyclic amines) is 1. The van der Waals surface area contributed by atoms with Crippen LogP contribution >= 0.6 is 12.4 Å². The molecule has 146 valence electrons. The molecule has 5 heteroatoms. The Labute approximate surface area is 167 Å². The lowest BCUT2D eigenvalue weighted by Crippen LogP contribution is -2.54. The summed E-state index contributed by atoms with van der Waals surface area (Å²) in [6.07, 6.45) is 0.789. The molecule has 0 spiro atoms. The van der Waals surface area contributed by atoms with Crippen LogP contribution in [0.15, 0.2) is 60.7 Å². The maximum atomic E-state index is 12.7. The van der Waals surface area contributed by atoms with Gasteiger partial charge in [0.2, 0.25) is 0 Å². The Morgan fingerprint density at radius 2 is 1.67 bits per heavy atom. The molecule has 2 aromatic carbocycles. The minimum atomic E-state index is -1.10. The number of benzene rings is 2. The maximum Gasteiger partial charge on any atom is 0.338 e. The fraction of sp³-hybridized carbons (Fsp3) is 0.409. The summed E-state index contributed by atoms with van der Waals surface area (Å²) < 4.78 is 5.88. The molecule has 0 aliphatic carbocycles. The van der Waals surface area contributed by atoms with Crippen LogP contribution in [0.1, 0.15) is 48.7 Å². The summed E-state index contributed by atoms with van der Waals surface area (Å²) in [5, 5.41) is 11.5. The Bertz CT molecular complexity index is 723. The van der Waals surface area contributed by atoms with Gasteiger partial charge in [-0.25, -0.2) is 4.79 Å². The van der Waals surface area contributed by atoms with Crippen molar-refractivity contribution >= 4 is 18.4 Å². The van der Waals surface area contributed by atoms with E-state index in [0.717, 1.165) is 18.5 Å². The molecular formula is C22H28ClNO3. The van der Waals surface area contributed by atoms with Gasteiger partial charge in [0.1, 0.15) is 5.60 Å². The van der Waals surface area contributed by atoms with Gasteiger partial charge in [-0.15, -0.1) is 12.4 Å². The van der Waals surface area contributed by atoms with E-state index in [-0.39, 0.29) is 12.4 Å². The Balaban J connectivity index is 0.00000261. The van der Waals surface area contributed by atoms with Gasteiger partial charge in [-0.3, -0.25) is 4.90 Å². The van der Waals surface area contributed by atoms with Crippen molar-refractivity contribution in [3.8, 4) is 0 Å². The highest BCUT2D eigenvalue weighted by Gasteiger charge is 2.44. The fourth-order valence-electron chi connectivity index (χ4n) is 3.62. The zero-order valence-corrected chi connectivity index (χ0v) is 16.7. The summed E-state index contributed by atoms with van der Waals surface area (Å²) >= 11 is 0. The van der Waals surface area contributed by atoms with E-state index in [2.05, 4.69) is 18.7 Å². The van der Waals surface area contributed by atoms with E-state index in [0.29, 0.717) is 24.6 Å². The molecule has 0 amide bonds. The number of hydrogen-bond donors (Lipinski definition) is 1. The SMILES string of the molecule is CC(C)N1CCCC(O)(C(OC(=O)c2ccccc2)c2ccccc2)C1.Cl. The van der Waals surface area contributed by atoms with Crippen LogP contribution in [0.5, 0.6) is 0 Å². The molecule has 0 bridgehead atoms. The molecule has 1 saturated heterocycles. The second-order valence-electron chi connectivity index (χ2n) is 7.33. The molecule has 1 aliphatic heterocycles. The largest absolute Gasteiger partial charge is 0.451 e. The lowest BCUT2D eigenvalue weighted by molar-refractivity contribution is -0.126. The predicted molar refractivity (Wildman–Crippen MR) is 109 cm³/mol. The second kappa shape index (κ2) is 9.36. The highest BCUT2D eigenvalue weighted by Crippen LogP contribution is 2.37. The van der Waals surface area contributed by atoms with Crippen molar-refractivity contribution in [2.75, 3.05) is 13.1 Å². The number of halogens is 1. The van der Waals surface area contributed by atoms with Gasteiger partial charge in [-0.2, -0.15) is 0 Å². The molecular weight excluding hydrogens is 362 g/mol. The van der Waals surface area contributed by atoms with Crippen LogP contribution < -0.4 is 0 Å². The third-order valence-corrected chi connectivity index (χ3v) is 5.09. The van der Waals surface area contributed by atoms with Crippen LogP contribution in [0.25, 0.3) is 0 Å². The molecule has 1 N–H and O–H groups in total. The van der Waals surface area contributed by atoms with Gasteiger partial charge in [0.05, 0.1) is 5.56 Å². The Hall–Kier alpha value is -1.88. The molecule has 0 saturated carbocycles. The van der Waals surface area contributed by atoms with Crippen LogP contribution in [-0.2, 0) is 4.74 Å². The molecule has 27 heavy (non-hydrogen) atoms. The Kier molecular flexibility index (Phi) is 7.42. The van der Waals surface area contributed by atoms with Crippen molar-refractivity contribution in [3.05, 3.63) is 71.8 Å². The summed E-state index contributed by atoms with van der Waals surface area (Å²) in [6.45, 7) is 5.69. The summed E-state index contributed by atoms with van der Waals surface area (Å²) in [7, 11) is 0. The number of piperidine rings is 1. The van der Waals surface area contributed by atoms with E-state index >= 15 is 0 Å². The van der Waals surface area contributed by atoms with Gasteiger partial charge in [0, 0.05) is 12.6 Å². The number of carbonyl (C=O) groups excluding carboxylic acids is 1. The standard InChI is InChI=1S/C22H27NO3.ClH/c1-17(2)23-15-9-14-22(25,16-23)20(18-10-5-3-6-11-18)26-21(24)19-12-7-4-8-13-19;/h3-8,10-13,17,20,25H,9,14-16H2,1-2H3;1H. The number of aliphatic hydroxyl groups is 1. The Morgan fingerprint density at radius 3 is 2.26 bits per heavy atom. The molecule has 2 atom stereocenters. The molecule has 2 aromatic rings. The maximum absolute atomic E-state index is 12.7.